The Balaban J connectivity index is 1.76. The fourth-order valence-electron chi connectivity index (χ4n) is 3.98. The Bertz CT molecular complexity index is 1380. The van der Waals surface area contributed by atoms with Gasteiger partial charge in [0, 0.05) is 10.8 Å². The summed E-state index contributed by atoms with van der Waals surface area (Å²) in [5, 5.41) is 3.36. The van der Waals surface area contributed by atoms with Crippen LogP contribution in [-0.2, 0) is 6.54 Å². The first-order valence-electron chi connectivity index (χ1n) is 8.20. The van der Waals surface area contributed by atoms with Crippen molar-refractivity contribution in [1.82, 2.24) is 4.68 Å². The number of benzene rings is 3. The Labute approximate surface area is 142 Å². The van der Waals surface area contributed by atoms with Crippen LogP contribution in [0.3, 0.4) is 0 Å². The van der Waals surface area contributed by atoms with E-state index in [2.05, 4.69) is 38.6 Å². The van der Waals surface area contributed by atoms with Crippen LogP contribution >= 0.6 is 0 Å². The SMILES string of the molecule is [C-]#[N+]c1ccc2c(c1)c[n+]1n2-c2c(ccc3c2oc2ccccc23)C1. The zero-order chi connectivity index (χ0) is 16.5. The highest BCUT2D eigenvalue weighted by atomic mass is 16.3. The fourth-order valence-corrected chi connectivity index (χ4v) is 3.98. The van der Waals surface area contributed by atoms with Crippen LogP contribution in [0.4, 0.5) is 5.69 Å². The number of nitrogens with zero attached hydrogens (tertiary/aromatic N) is 3. The molecule has 4 nitrogen and oxygen atoms in total. The van der Waals surface area contributed by atoms with E-state index in [-0.39, 0.29) is 0 Å². The van der Waals surface area contributed by atoms with Crippen molar-refractivity contribution in [1.29, 1.82) is 0 Å². The number of aromatic nitrogens is 2. The van der Waals surface area contributed by atoms with E-state index in [1.165, 1.54) is 5.56 Å². The first-order chi connectivity index (χ1) is 12.3. The van der Waals surface area contributed by atoms with Gasteiger partial charge in [-0.2, -0.15) is 0 Å². The van der Waals surface area contributed by atoms with E-state index in [4.69, 9.17) is 11.0 Å². The molecule has 25 heavy (non-hydrogen) atoms. The Morgan fingerprint density at radius 2 is 1.96 bits per heavy atom. The second-order valence-electron chi connectivity index (χ2n) is 6.44. The minimum atomic E-state index is 0.666. The summed E-state index contributed by atoms with van der Waals surface area (Å²) in [5.74, 6) is 0. The van der Waals surface area contributed by atoms with Gasteiger partial charge in [0.1, 0.15) is 11.1 Å². The second-order valence-corrected chi connectivity index (χ2v) is 6.44. The third-order valence-corrected chi connectivity index (χ3v) is 5.06. The molecule has 0 amide bonds. The van der Waals surface area contributed by atoms with E-state index in [9.17, 15) is 0 Å². The predicted molar refractivity (Wildman–Crippen MR) is 96.1 cm³/mol. The van der Waals surface area contributed by atoms with E-state index >= 15 is 0 Å². The Morgan fingerprint density at radius 1 is 1.04 bits per heavy atom. The van der Waals surface area contributed by atoms with Crippen LogP contribution < -0.4 is 4.68 Å². The second kappa shape index (κ2) is 4.28. The van der Waals surface area contributed by atoms with Gasteiger partial charge in [-0.1, -0.05) is 24.3 Å². The average molecular weight is 322 g/mol. The summed E-state index contributed by atoms with van der Waals surface area (Å²) in [5.41, 5.74) is 5.97. The molecule has 3 heterocycles. The highest BCUT2D eigenvalue weighted by Gasteiger charge is 2.31. The van der Waals surface area contributed by atoms with Crippen molar-refractivity contribution in [3.63, 3.8) is 0 Å². The van der Waals surface area contributed by atoms with Crippen LogP contribution in [0.25, 0.3) is 43.4 Å². The highest BCUT2D eigenvalue weighted by molar-refractivity contribution is 6.08. The molecule has 5 aromatic rings. The summed E-state index contributed by atoms with van der Waals surface area (Å²) in [6, 6.07) is 18.4. The van der Waals surface area contributed by atoms with Gasteiger partial charge in [-0.3, -0.25) is 0 Å². The average Bonchev–Trinajstić information content (AvgIpc) is 3.29. The lowest BCUT2D eigenvalue weighted by Crippen LogP contribution is -2.36. The summed E-state index contributed by atoms with van der Waals surface area (Å²) in [6.07, 6.45) is 2.11. The van der Waals surface area contributed by atoms with Gasteiger partial charge >= 0.3 is 0 Å². The van der Waals surface area contributed by atoms with Gasteiger partial charge in [-0.25, -0.2) is 4.85 Å². The van der Waals surface area contributed by atoms with Crippen LogP contribution in [0.1, 0.15) is 5.56 Å². The molecule has 0 saturated heterocycles. The van der Waals surface area contributed by atoms with Gasteiger partial charge in [-0.05, 0) is 30.3 Å². The van der Waals surface area contributed by atoms with E-state index < -0.39 is 0 Å². The monoisotopic (exact) mass is 322 g/mol. The molecule has 2 aromatic heterocycles. The lowest BCUT2D eigenvalue weighted by Gasteiger charge is -1.99. The number of rotatable bonds is 0. The molecular weight excluding hydrogens is 310 g/mol. The van der Waals surface area contributed by atoms with Crippen molar-refractivity contribution >= 4 is 38.5 Å². The molecule has 3 aromatic carbocycles. The minimum Gasteiger partial charge on any atom is -0.454 e. The number of hydrogen-bond donors (Lipinski definition) is 0. The van der Waals surface area contributed by atoms with Crippen molar-refractivity contribution in [3.8, 4) is 5.69 Å². The van der Waals surface area contributed by atoms with Crippen molar-refractivity contribution in [2.24, 2.45) is 0 Å². The molecular formula is C21H12N3O+. The molecule has 116 valence electrons. The smallest absolute Gasteiger partial charge is 0.203 e. The van der Waals surface area contributed by atoms with Crippen LogP contribution in [-0.4, -0.2) is 4.68 Å². The van der Waals surface area contributed by atoms with Crippen LogP contribution in [0.5, 0.6) is 0 Å². The van der Waals surface area contributed by atoms with Crippen molar-refractivity contribution < 1.29 is 9.10 Å². The number of hydrogen-bond acceptors (Lipinski definition) is 1. The zero-order valence-electron chi connectivity index (χ0n) is 13.2. The van der Waals surface area contributed by atoms with E-state index in [0.717, 1.165) is 45.1 Å². The third kappa shape index (κ3) is 1.52. The maximum atomic E-state index is 7.22. The van der Waals surface area contributed by atoms with Crippen LogP contribution in [0, 0.1) is 6.57 Å². The lowest BCUT2D eigenvalue weighted by molar-refractivity contribution is -0.749. The minimum absolute atomic E-state index is 0.666. The van der Waals surface area contributed by atoms with Gasteiger partial charge in [0.05, 0.1) is 17.5 Å². The zero-order valence-corrected chi connectivity index (χ0v) is 13.2. The molecule has 0 bridgehead atoms. The van der Waals surface area contributed by atoms with Gasteiger partial charge in [0.15, 0.2) is 23.5 Å². The normalized spacial score (nSPS) is 12.6. The first kappa shape index (κ1) is 12.8. The number of fused-ring (bicyclic) bond motifs is 9. The van der Waals surface area contributed by atoms with Crippen molar-refractivity contribution in [2.45, 2.75) is 6.54 Å². The largest absolute Gasteiger partial charge is 0.454 e. The van der Waals surface area contributed by atoms with Gasteiger partial charge < -0.3 is 4.42 Å². The van der Waals surface area contributed by atoms with Crippen LogP contribution in [0.15, 0.2) is 65.2 Å². The first-order valence-corrected chi connectivity index (χ1v) is 8.20. The summed E-state index contributed by atoms with van der Waals surface area (Å²) in [7, 11) is 0. The maximum absolute atomic E-state index is 7.22. The predicted octanol–water partition coefficient (Wildman–Crippen LogP) is 4.73. The summed E-state index contributed by atoms with van der Waals surface area (Å²) in [4.78, 5) is 3.54. The molecule has 0 radical (unpaired) electrons. The molecule has 0 saturated carbocycles. The molecule has 0 spiro atoms. The maximum Gasteiger partial charge on any atom is 0.203 e. The van der Waals surface area contributed by atoms with Crippen molar-refractivity contribution in [3.05, 3.63) is 77.8 Å². The standard InChI is InChI=1S/C21H12N3O/c1-22-15-7-9-18-14(10-15)12-23-11-13-6-8-17-16-4-2-3-5-19(16)25-21(17)20(13)24(18)23/h2-10,12H,11H2/q+1. The van der Waals surface area contributed by atoms with E-state index in [1.54, 1.807) is 0 Å². The van der Waals surface area contributed by atoms with Gasteiger partial charge in [-0.15, -0.1) is 9.36 Å². The highest BCUT2D eigenvalue weighted by Crippen LogP contribution is 2.37. The molecule has 0 fully saturated rings. The van der Waals surface area contributed by atoms with E-state index in [1.807, 2.05) is 36.4 Å². The lowest BCUT2D eigenvalue weighted by atomic mass is 10.1. The molecule has 0 atom stereocenters. The molecule has 4 heteroatoms. The van der Waals surface area contributed by atoms with Gasteiger partial charge in [0.2, 0.25) is 6.20 Å². The molecule has 0 N–H and O–H groups in total. The topological polar surface area (TPSA) is 26.3 Å². The molecule has 0 unspecified atom stereocenters. The molecule has 6 rings (SSSR count). The summed E-state index contributed by atoms with van der Waals surface area (Å²) in [6.45, 7) is 8.03. The third-order valence-electron chi connectivity index (χ3n) is 5.06. The summed E-state index contributed by atoms with van der Waals surface area (Å²) < 4.78 is 10.6. The summed E-state index contributed by atoms with van der Waals surface area (Å²) >= 11 is 0. The van der Waals surface area contributed by atoms with Gasteiger partial charge in [0.25, 0.3) is 0 Å². The molecule has 1 aliphatic heterocycles. The van der Waals surface area contributed by atoms with E-state index in [0.29, 0.717) is 5.69 Å². The number of furan rings is 1. The molecule has 1 aliphatic rings. The van der Waals surface area contributed by atoms with Crippen LogP contribution in [0.2, 0.25) is 0 Å². The van der Waals surface area contributed by atoms with Crippen molar-refractivity contribution in [2.75, 3.05) is 0 Å². The Morgan fingerprint density at radius 3 is 2.88 bits per heavy atom. The fraction of sp³-hybridized carbons (Fsp3) is 0.0476. The number of para-hydroxylation sites is 1. The Kier molecular flexibility index (Phi) is 2.19. The quantitative estimate of drug-likeness (QED) is 0.293. The Hall–Kier alpha value is -3.58. The molecule has 0 aliphatic carbocycles.